The highest BCUT2D eigenvalue weighted by atomic mass is 32.1. The molecule has 0 aliphatic rings. The Kier molecular flexibility index (Phi) is 3.90. The van der Waals surface area contributed by atoms with E-state index in [-0.39, 0.29) is 0 Å². The Morgan fingerprint density at radius 1 is 1.62 bits per heavy atom. The van der Waals surface area contributed by atoms with Crippen molar-refractivity contribution in [2.45, 2.75) is 25.4 Å². The van der Waals surface area contributed by atoms with Crippen LogP contribution in [-0.4, -0.2) is 24.3 Å². The molecule has 0 fully saturated rings. The van der Waals surface area contributed by atoms with Gasteiger partial charge in [-0.25, -0.2) is 0 Å². The van der Waals surface area contributed by atoms with E-state index in [4.69, 9.17) is 0 Å². The van der Waals surface area contributed by atoms with Gasteiger partial charge in [-0.3, -0.25) is 0 Å². The third-order valence-electron chi connectivity index (χ3n) is 2.08. The molecule has 0 aliphatic carbocycles. The monoisotopic (exact) mass is 199 g/mol. The Bertz CT molecular complexity index is 231. The second-order valence-electron chi connectivity index (χ2n) is 3.66. The van der Waals surface area contributed by atoms with Crippen molar-refractivity contribution < 1.29 is 5.11 Å². The van der Waals surface area contributed by atoms with Crippen LogP contribution in [0.25, 0.3) is 0 Å². The molecule has 1 rings (SSSR count). The third kappa shape index (κ3) is 3.89. The Labute approximate surface area is 83.6 Å². The molecule has 1 unspecified atom stereocenters. The highest BCUT2D eigenvalue weighted by molar-refractivity contribution is 7.07. The molecule has 13 heavy (non-hydrogen) atoms. The van der Waals surface area contributed by atoms with Gasteiger partial charge < -0.3 is 10.4 Å². The number of hydrogen-bond donors (Lipinski definition) is 2. The first-order valence-corrected chi connectivity index (χ1v) is 5.46. The van der Waals surface area contributed by atoms with Crippen LogP contribution in [0.15, 0.2) is 16.8 Å². The Hall–Kier alpha value is -0.380. The number of hydrogen-bond acceptors (Lipinski definition) is 3. The van der Waals surface area contributed by atoms with E-state index in [1.54, 1.807) is 11.3 Å². The van der Waals surface area contributed by atoms with Crippen LogP contribution < -0.4 is 5.32 Å². The Morgan fingerprint density at radius 2 is 2.38 bits per heavy atom. The predicted molar refractivity (Wildman–Crippen MR) is 57.2 cm³/mol. The highest BCUT2D eigenvalue weighted by Gasteiger charge is 2.19. The van der Waals surface area contributed by atoms with Crippen molar-refractivity contribution in [3.63, 3.8) is 0 Å². The lowest BCUT2D eigenvalue weighted by Gasteiger charge is -2.22. The molecule has 74 valence electrons. The van der Waals surface area contributed by atoms with Crippen LogP contribution in [0.2, 0.25) is 0 Å². The van der Waals surface area contributed by atoms with Gasteiger partial charge in [0.1, 0.15) is 0 Å². The van der Waals surface area contributed by atoms with Gasteiger partial charge in [-0.1, -0.05) is 0 Å². The van der Waals surface area contributed by atoms with E-state index in [0.717, 1.165) is 19.4 Å². The van der Waals surface area contributed by atoms with Crippen LogP contribution in [0.3, 0.4) is 0 Å². The second-order valence-corrected chi connectivity index (χ2v) is 4.44. The van der Waals surface area contributed by atoms with E-state index < -0.39 is 5.60 Å². The van der Waals surface area contributed by atoms with Crippen molar-refractivity contribution in [2.75, 3.05) is 13.6 Å². The molecule has 0 saturated heterocycles. The van der Waals surface area contributed by atoms with Crippen LogP contribution in [0.1, 0.15) is 18.9 Å². The molecule has 0 aliphatic heterocycles. The third-order valence-corrected chi connectivity index (χ3v) is 2.81. The van der Waals surface area contributed by atoms with Gasteiger partial charge in [-0.05, 0) is 49.3 Å². The molecule has 2 nitrogen and oxygen atoms in total. The lowest BCUT2D eigenvalue weighted by Crippen LogP contribution is -2.31. The summed E-state index contributed by atoms with van der Waals surface area (Å²) >= 11 is 1.68. The molecule has 1 aromatic rings. The smallest absolute Gasteiger partial charge is 0.0672 e. The molecule has 1 heterocycles. The highest BCUT2D eigenvalue weighted by Crippen LogP contribution is 2.18. The van der Waals surface area contributed by atoms with Gasteiger partial charge in [0.15, 0.2) is 0 Å². The van der Waals surface area contributed by atoms with Gasteiger partial charge in [0.2, 0.25) is 0 Å². The molecular formula is C10H17NOS. The summed E-state index contributed by atoms with van der Waals surface area (Å²) in [5, 5.41) is 17.2. The largest absolute Gasteiger partial charge is 0.390 e. The fourth-order valence-electron chi connectivity index (χ4n) is 1.32. The topological polar surface area (TPSA) is 32.3 Å². The summed E-state index contributed by atoms with van der Waals surface area (Å²) in [6.45, 7) is 2.75. The number of aliphatic hydroxyl groups is 1. The molecule has 0 radical (unpaired) electrons. The summed E-state index contributed by atoms with van der Waals surface area (Å²) in [7, 11) is 1.90. The van der Waals surface area contributed by atoms with Crippen molar-refractivity contribution in [1.29, 1.82) is 0 Å². The van der Waals surface area contributed by atoms with Gasteiger partial charge in [0.05, 0.1) is 5.60 Å². The first kappa shape index (κ1) is 10.7. The fourth-order valence-corrected chi connectivity index (χ4v) is 1.98. The average Bonchev–Trinajstić information content (AvgIpc) is 2.52. The molecule has 0 spiro atoms. The van der Waals surface area contributed by atoms with E-state index in [9.17, 15) is 5.11 Å². The van der Waals surface area contributed by atoms with Crippen LogP contribution in [0, 0.1) is 0 Å². The van der Waals surface area contributed by atoms with Gasteiger partial charge in [-0.2, -0.15) is 11.3 Å². The number of rotatable bonds is 5. The fraction of sp³-hybridized carbons (Fsp3) is 0.600. The summed E-state index contributed by atoms with van der Waals surface area (Å²) < 4.78 is 0. The van der Waals surface area contributed by atoms with Crippen molar-refractivity contribution in [1.82, 2.24) is 5.32 Å². The van der Waals surface area contributed by atoms with Crippen molar-refractivity contribution in [3.8, 4) is 0 Å². The van der Waals surface area contributed by atoms with E-state index >= 15 is 0 Å². The van der Waals surface area contributed by atoms with Crippen LogP contribution in [-0.2, 0) is 6.42 Å². The molecule has 2 N–H and O–H groups in total. The lowest BCUT2D eigenvalue weighted by molar-refractivity contribution is 0.0521. The van der Waals surface area contributed by atoms with E-state index in [1.807, 2.05) is 19.4 Å². The van der Waals surface area contributed by atoms with Gasteiger partial charge in [0, 0.05) is 6.42 Å². The van der Waals surface area contributed by atoms with E-state index in [0.29, 0.717) is 0 Å². The molecule has 0 bridgehead atoms. The quantitative estimate of drug-likeness (QED) is 0.756. The second kappa shape index (κ2) is 4.74. The minimum absolute atomic E-state index is 0.579. The molecule has 1 atom stereocenters. The lowest BCUT2D eigenvalue weighted by atomic mass is 9.95. The summed E-state index contributed by atoms with van der Waals surface area (Å²) in [5.41, 5.74) is 0.649. The first-order chi connectivity index (χ1) is 6.14. The maximum atomic E-state index is 9.98. The summed E-state index contributed by atoms with van der Waals surface area (Å²) in [4.78, 5) is 0. The standard InChI is InChI=1S/C10H17NOS/c1-10(12,4-5-11-2)7-9-3-6-13-8-9/h3,6,8,11-12H,4-5,7H2,1-2H3. The molecule has 0 aromatic carbocycles. The maximum Gasteiger partial charge on any atom is 0.0672 e. The van der Waals surface area contributed by atoms with Gasteiger partial charge >= 0.3 is 0 Å². The molecule has 1 aromatic heterocycles. The van der Waals surface area contributed by atoms with Crippen molar-refractivity contribution in [3.05, 3.63) is 22.4 Å². The zero-order valence-electron chi connectivity index (χ0n) is 8.21. The molecule has 0 saturated carbocycles. The summed E-state index contributed by atoms with van der Waals surface area (Å²) in [5.74, 6) is 0. The van der Waals surface area contributed by atoms with Gasteiger partial charge in [0.25, 0.3) is 0 Å². The van der Waals surface area contributed by atoms with E-state index in [1.165, 1.54) is 5.56 Å². The molecular weight excluding hydrogens is 182 g/mol. The summed E-state index contributed by atoms with van der Waals surface area (Å²) in [6.07, 6.45) is 1.54. The normalized spacial score (nSPS) is 15.6. The number of nitrogens with one attached hydrogen (secondary N) is 1. The molecule has 0 amide bonds. The Morgan fingerprint density at radius 3 is 2.92 bits per heavy atom. The zero-order chi connectivity index (χ0) is 9.73. The molecule has 3 heteroatoms. The average molecular weight is 199 g/mol. The Balaban J connectivity index is 2.42. The van der Waals surface area contributed by atoms with Gasteiger partial charge in [-0.15, -0.1) is 0 Å². The van der Waals surface area contributed by atoms with Crippen molar-refractivity contribution >= 4 is 11.3 Å². The summed E-state index contributed by atoms with van der Waals surface area (Å²) in [6, 6.07) is 2.07. The maximum absolute atomic E-state index is 9.98. The van der Waals surface area contributed by atoms with E-state index in [2.05, 4.69) is 16.8 Å². The number of thiophene rings is 1. The van der Waals surface area contributed by atoms with Crippen LogP contribution in [0.4, 0.5) is 0 Å². The van der Waals surface area contributed by atoms with Crippen LogP contribution >= 0.6 is 11.3 Å². The SMILES string of the molecule is CNCCC(C)(O)Cc1ccsc1. The van der Waals surface area contributed by atoms with Crippen molar-refractivity contribution in [2.24, 2.45) is 0 Å². The van der Waals surface area contributed by atoms with Crippen LogP contribution in [0.5, 0.6) is 0 Å². The zero-order valence-corrected chi connectivity index (χ0v) is 9.03. The first-order valence-electron chi connectivity index (χ1n) is 4.52. The minimum atomic E-state index is -0.579. The minimum Gasteiger partial charge on any atom is -0.390 e. The predicted octanol–water partition coefficient (Wildman–Crippen LogP) is 1.65.